The van der Waals surface area contributed by atoms with E-state index in [0.29, 0.717) is 19.7 Å². The van der Waals surface area contributed by atoms with Gasteiger partial charge >= 0.3 is 5.97 Å². The molecule has 1 aliphatic heterocycles. The molecule has 1 fully saturated rings. The van der Waals surface area contributed by atoms with Crippen LogP contribution >= 0.6 is 0 Å². The fourth-order valence-electron chi connectivity index (χ4n) is 3.58. The van der Waals surface area contributed by atoms with Crippen molar-refractivity contribution in [1.29, 1.82) is 0 Å². The molecule has 136 valence electrons. The van der Waals surface area contributed by atoms with Gasteiger partial charge < -0.3 is 9.64 Å². The Balaban J connectivity index is 1.85. The number of carbonyl (C=O) groups is 2. The number of amides is 1. The number of ether oxygens (including phenoxy) is 1. The van der Waals surface area contributed by atoms with Gasteiger partial charge in [-0.15, -0.1) is 0 Å². The molecule has 1 heterocycles. The number of hydrogen-bond acceptors (Lipinski definition) is 3. The summed E-state index contributed by atoms with van der Waals surface area (Å²) in [7, 11) is 0. The highest BCUT2D eigenvalue weighted by molar-refractivity contribution is 5.88. The quantitative estimate of drug-likeness (QED) is 0.773. The van der Waals surface area contributed by atoms with Gasteiger partial charge in [0.2, 0.25) is 5.91 Å². The first-order valence-electron chi connectivity index (χ1n) is 9.26. The molecule has 0 radical (unpaired) electrons. The number of benzene rings is 2. The summed E-state index contributed by atoms with van der Waals surface area (Å²) < 4.78 is 5.16. The molecule has 0 aromatic heterocycles. The molecule has 0 bridgehead atoms. The molecule has 1 saturated heterocycles. The van der Waals surface area contributed by atoms with Crippen LogP contribution in [0.3, 0.4) is 0 Å². The molecular weight excluding hydrogens is 326 g/mol. The van der Waals surface area contributed by atoms with Crippen molar-refractivity contribution in [1.82, 2.24) is 4.90 Å². The number of likely N-dealkylation sites (tertiary alicyclic amines) is 1. The Morgan fingerprint density at radius 1 is 1.04 bits per heavy atom. The summed E-state index contributed by atoms with van der Waals surface area (Å²) in [5.74, 6) is -0.712. The van der Waals surface area contributed by atoms with Crippen LogP contribution in [0.5, 0.6) is 0 Å². The number of carbonyl (C=O) groups excluding carboxylic acids is 2. The first-order valence-corrected chi connectivity index (χ1v) is 9.26. The van der Waals surface area contributed by atoms with Crippen LogP contribution in [0.1, 0.15) is 36.8 Å². The van der Waals surface area contributed by atoms with E-state index in [-0.39, 0.29) is 23.7 Å². The van der Waals surface area contributed by atoms with Gasteiger partial charge in [0.05, 0.1) is 18.4 Å². The Kier molecular flexibility index (Phi) is 6.05. The van der Waals surface area contributed by atoms with Gasteiger partial charge in [-0.05, 0) is 30.9 Å². The van der Waals surface area contributed by atoms with Gasteiger partial charge in [0, 0.05) is 13.1 Å². The molecule has 1 atom stereocenters. The molecule has 0 N–H and O–H groups in total. The second kappa shape index (κ2) is 8.65. The number of nitrogens with zero attached hydrogens (tertiary/aromatic N) is 1. The van der Waals surface area contributed by atoms with Crippen LogP contribution < -0.4 is 0 Å². The predicted octanol–water partition coefficient (Wildman–Crippen LogP) is 3.62. The molecule has 4 nitrogen and oxygen atoms in total. The van der Waals surface area contributed by atoms with E-state index in [1.807, 2.05) is 72.5 Å². The number of esters is 1. The van der Waals surface area contributed by atoms with Crippen molar-refractivity contribution in [2.24, 2.45) is 5.92 Å². The molecule has 4 heteroatoms. The van der Waals surface area contributed by atoms with Gasteiger partial charge in [-0.2, -0.15) is 0 Å². The summed E-state index contributed by atoms with van der Waals surface area (Å²) in [6.07, 6.45) is 1.61. The van der Waals surface area contributed by atoms with E-state index >= 15 is 0 Å². The predicted molar refractivity (Wildman–Crippen MR) is 101 cm³/mol. The maximum absolute atomic E-state index is 13.4. The zero-order valence-electron chi connectivity index (χ0n) is 15.1. The minimum absolute atomic E-state index is 0.0522. The summed E-state index contributed by atoms with van der Waals surface area (Å²) in [5, 5.41) is 0. The van der Waals surface area contributed by atoms with Crippen LogP contribution in [-0.2, 0) is 14.3 Å². The summed E-state index contributed by atoms with van der Waals surface area (Å²) in [6, 6.07) is 19.7. The lowest BCUT2D eigenvalue weighted by Gasteiger charge is -2.34. The van der Waals surface area contributed by atoms with Gasteiger partial charge in [-0.1, -0.05) is 60.7 Å². The maximum Gasteiger partial charge on any atom is 0.310 e. The van der Waals surface area contributed by atoms with Gasteiger partial charge in [0.25, 0.3) is 0 Å². The number of piperidine rings is 1. The van der Waals surface area contributed by atoms with Crippen molar-refractivity contribution in [3.8, 4) is 0 Å². The third kappa shape index (κ3) is 4.13. The average molecular weight is 351 g/mol. The molecule has 1 unspecified atom stereocenters. The summed E-state index contributed by atoms with van der Waals surface area (Å²) in [6.45, 7) is 3.31. The largest absolute Gasteiger partial charge is 0.466 e. The molecule has 0 spiro atoms. The monoisotopic (exact) mass is 351 g/mol. The molecule has 0 aliphatic carbocycles. The third-order valence-electron chi connectivity index (χ3n) is 4.87. The maximum atomic E-state index is 13.4. The van der Waals surface area contributed by atoms with Crippen molar-refractivity contribution < 1.29 is 14.3 Å². The fraction of sp³-hybridized carbons (Fsp3) is 0.364. The van der Waals surface area contributed by atoms with Crippen LogP contribution in [0.4, 0.5) is 0 Å². The van der Waals surface area contributed by atoms with Crippen LogP contribution in [0.15, 0.2) is 60.7 Å². The van der Waals surface area contributed by atoms with Crippen molar-refractivity contribution in [3.63, 3.8) is 0 Å². The molecule has 2 aromatic rings. The highest BCUT2D eigenvalue weighted by Crippen LogP contribution is 2.29. The van der Waals surface area contributed by atoms with E-state index in [1.54, 1.807) is 0 Å². The van der Waals surface area contributed by atoms with E-state index in [9.17, 15) is 9.59 Å². The first-order chi connectivity index (χ1) is 12.7. The third-order valence-corrected chi connectivity index (χ3v) is 4.87. The van der Waals surface area contributed by atoms with Crippen molar-refractivity contribution in [3.05, 3.63) is 71.8 Å². The second-order valence-corrected chi connectivity index (χ2v) is 6.63. The molecular formula is C22H25NO3. The van der Waals surface area contributed by atoms with Crippen molar-refractivity contribution >= 4 is 11.9 Å². The lowest BCUT2D eigenvalue weighted by molar-refractivity contribution is -0.151. The van der Waals surface area contributed by atoms with E-state index in [4.69, 9.17) is 4.74 Å². The van der Waals surface area contributed by atoms with E-state index in [0.717, 1.165) is 24.0 Å². The zero-order valence-corrected chi connectivity index (χ0v) is 15.1. The van der Waals surface area contributed by atoms with Crippen LogP contribution in [0, 0.1) is 5.92 Å². The Bertz CT molecular complexity index is 690. The van der Waals surface area contributed by atoms with Gasteiger partial charge in [0.15, 0.2) is 0 Å². The number of hydrogen-bond donors (Lipinski definition) is 0. The minimum atomic E-state index is -0.349. The van der Waals surface area contributed by atoms with E-state index in [1.165, 1.54) is 0 Å². The number of rotatable bonds is 5. The molecule has 3 rings (SSSR count). The average Bonchev–Trinajstić information content (AvgIpc) is 2.70. The second-order valence-electron chi connectivity index (χ2n) is 6.63. The highest BCUT2D eigenvalue weighted by atomic mass is 16.5. The van der Waals surface area contributed by atoms with Crippen molar-refractivity contribution in [2.75, 3.05) is 19.7 Å². The standard InChI is InChI=1S/C22H25NO3/c1-2-26-22(25)19-14-9-15-23(16-19)21(24)20(17-10-5-3-6-11-17)18-12-7-4-8-13-18/h3-8,10-13,19-20H,2,9,14-16H2,1H3. The van der Waals surface area contributed by atoms with Gasteiger partial charge in [-0.25, -0.2) is 0 Å². The summed E-state index contributed by atoms with van der Waals surface area (Å²) in [5.41, 5.74) is 1.95. The Morgan fingerprint density at radius 2 is 1.62 bits per heavy atom. The Morgan fingerprint density at radius 3 is 2.15 bits per heavy atom. The summed E-state index contributed by atoms with van der Waals surface area (Å²) in [4.78, 5) is 27.3. The lowest BCUT2D eigenvalue weighted by atomic mass is 9.88. The SMILES string of the molecule is CCOC(=O)C1CCCN(C(=O)C(c2ccccc2)c2ccccc2)C1. The molecule has 2 aromatic carbocycles. The van der Waals surface area contributed by atoms with E-state index < -0.39 is 0 Å². The van der Waals surface area contributed by atoms with Crippen LogP contribution in [-0.4, -0.2) is 36.5 Å². The Hall–Kier alpha value is -2.62. The minimum Gasteiger partial charge on any atom is -0.466 e. The van der Waals surface area contributed by atoms with Crippen LogP contribution in [0.2, 0.25) is 0 Å². The smallest absolute Gasteiger partial charge is 0.310 e. The highest BCUT2D eigenvalue weighted by Gasteiger charge is 2.33. The fourth-order valence-corrected chi connectivity index (χ4v) is 3.58. The Labute approximate surface area is 154 Å². The topological polar surface area (TPSA) is 46.6 Å². The van der Waals surface area contributed by atoms with Crippen LogP contribution in [0.25, 0.3) is 0 Å². The normalized spacial score (nSPS) is 17.2. The molecule has 1 aliphatic rings. The summed E-state index contributed by atoms with van der Waals surface area (Å²) >= 11 is 0. The van der Waals surface area contributed by atoms with E-state index in [2.05, 4.69) is 0 Å². The molecule has 26 heavy (non-hydrogen) atoms. The van der Waals surface area contributed by atoms with Gasteiger partial charge in [0.1, 0.15) is 0 Å². The molecule has 0 saturated carbocycles. The first kappa shape index (κ1) is 18.2. The van der Waals surface area contributed by atoms with Gasteiger partial charge in [-0.3, -0.25) is 9.59 Å². The molecule has 1 amide bonds. The lowest BCUT2D eigenvalue weighted by Crippen LogP contribution is -2.45. The zero-order chi connectivity index (χ0) is 18.4. The van der Waals surface area contributed by atoms with Crippen molar-refractivity contribution in [2.45, 2.75) is 25.7 Å².